The van der Waals surface area contributed by atoms with E-state index in [2.05, 4.69) is 9.97 Å². The second kappa shape index (κ2) is 4.07. The van der Waals surface area contributed by atoms with Crippen molar-refractivity contribution in [3.8, 4) is 22.9 Å². The highest BCUT2D eigenvalue weighted by Crippen LogP contribution is 2.29. The topological polar surface area (TPSA) is 58.1 Å². The Kier molecular flexibility index (Phi) is 2.41. The summed E-state index contributed by atoms with van der Waals surface area (Å²) in [5.74, 6) is 1.62. The highest BCUT2D eigenvalue weighted by molar-refractivity contribution is 5.81. The number of phenolic OH excluding ortho intramolecular Hbond substituents is 1. The van der Waals surface area contributed by atoms with Crippen molar-refractivity contribution >= 4 is 11.0 Å². The number of hydrogen-bond donors (Lipinski definition) is 2. The quantitative estimate of drug-likeness (QED) is 0.724. The van der Waals surface area contributed by atoms with Crippen LogP contribution in [0.25, 0.3) is 22.4 Å². The zero-order valence-corrected chi connectivity index (χ0v) is 9.84. The van der Waals surface area contributed by atoms with E-state index in [1.807, 2.05) is 30.3 Å². The number of aromatic hydroxyl groups is 1. The standard InChI is InChI=1S/C14H12N2O2/c1-18-9-6-7-11-12(8-9)16-14(15-11)10-4-2-3-5-13(10)17/h2-8,17H,1H3,(H,15,16). The first-order chi connectivity index (χ1) is 8.78. The van der Waals surface area contributed by atoms with E-state index >= 15 is 0 Å². The van der Waals surface area contributed by atoms with Gasteiger partial charge in [0.2, 0.25) is 0 Å². The lowest BCUT2D eigenvalue weighted by atomic mass is 10.2. The van der Waals surface area contributed by atoms with Crippen molar-refractivity contribution in [2.24, 2.45) is 0 Å². The van der Waals surface area contributed by atoms with Gasteiger partial charge in [0.25, 0.3) is 0 Å². The Morgan fingerprint density at radius 1 is 1.17 bits per heavy atom. The van der Waals surface area contributed by atoms with Crippen molar-refractivity contribution in [2.45, 2.75) is 0 Å². The van der Waals surface area contributed by atoms with Crippen LogP contribution < -0.4 is 4.74 Å². The molecule has 0 aliphatic heterocycles. The number of nitrogens with one attached hydrogen (secondary N) is 1. The van der Waals surface area contributed by atoms with Gasteiger partial charge in [0.05, 0.1) is 23.7 Å². The molecule has 0 unspecified atom stereocenters. The van der Waals surface area contributed by atoms with Crippen LogP contribution >= 0.6 is 0 Å². The van der Waals surface area contributed by atoms with Gasteiger partial charge in [0.15, 0.2) is 0 Å². The van der Waals surface area contributed by atoms with Gasteiger partial charge in [-0.2, -0.15) is 0 Å². The number of ether oxygens (including phenoxy) is 1. The monoisotopic (exact) mass is 240 g/mol. The molecule has 3 rings (SSSR count). The number of para-hydroxylation sites is 1. The summed E-state index contributed by atoms with van der Waals surface area (Å²) in [5, 5.41) is 9.81. The Morgan fingerprint density at radius 2 is 2.00 bits per heavy atom. The molecule has 2 N–H and O–H groups in total. The van der Waals surface area contributed by atoms with Crippen molar-refractivity contribution in [3.05, 3.63) is 42.5 Å². The summed E-state index contributed by atoms with van der Waals surface area (Å²) in [5.41, 5.74) is 2.41. The van der Waals surface area contributed by atoms with Crippen LogP contribution in [0.4, 0.5) is 0 Å². The number of methoxy groups -OCH3 is 1. The highest BCUT2D eigenvalue weighted by Gasteiger charge is 2.09. The highest BCUT2D eigenvalue weighted by atomic mass is 16.5. The molecule has 0 spiro atoms. The number of rotatable bonds is 2. The third kappa shape index (κ3) is 1.68. The van der Waals surface area contributed by atoms with Gasteiger partial charge >= 0.3 is 0 Å². The Labute approximate surface area is 104 Å². The van der Waals surface area contributed by atoms with E-state index < -0.39 is 0 Å². The fourth-order valence-corrected chi connectivity index (χ4v) is 1.91. The average molecular weight is 240 g/mol. The summed E-state index contributed by atoms with van der Waals surface area (Å²) in [6.45, 7) is 0. The average Bonchev–Trinajstić information content (AvgIpc) is 2.81. The molecule has 0 atom stereocenters. The van der Waals surface area contributed by atoms with Gasteiger partial charge < -0.3 is 14.8 Å². The van der Waals surface area contributed by atoms with Gasteiger partial charge in [-0.15, -0.1) is 0 Å². The molecule has 0 fully saturated rings. The third-order valence-electron chi connectivity index (χ3n) is 2.85. The van der Waals surface area contributed by atoms with Gasteiger partial charge in [-0.3, -0.25) is 0 Å². The number of benzene rings is 2. The molecule has 0 amide bonds. The SMILES string of the molecule is COc1ccc2[nH]c(-c3ccccc3O)nc2c1. The maximum absolute atomic E-state index is 9.81. The molecular weight excluding hydrogens is 228 g/mol. The number of aromatic nitrogens is 2. The van der Waals surface area contributed by atoms with E-state index in [4.69, 9.17) is 4.74 Å². The van der Waals surface area contributed by atoms with Crippen molar-refractivity contribution in [1.29, 1.82) is 0 Å². The molecule has 0 saturated heterocycles. The minimum Gasteiger partial charge on any atom is -0.507 e. The van der Waals surface area contributed by atoms with Crippen molar-refractivity contribution in [3.63, 3.8) is 0 Å². The van der Waals surface area contributed by atoms with Crippen LogP contribution in [-0.2, 0) is 0 Å². The number of hydrogen-bond acceptors (Lipinski definition) is 3. The van der Waals surface area contributed by atoms with Crippen molar-refractivity contribution in [2.75, 3.05) is 7.11 Å². The van der Waals surface area contributed by atoms with Crippen LogP contribution in [-0.4, -0.2) is 22.2 Å². The molecule has 1 aromatic heterocycles. The first-order valence-corrected chi connectivity index (χ1v) is 5.60. The van der Waals surface area contributed by atoms with Gasteiger partial charge in [0, 0.05) is 6.07 Å². The summed E-state index contributed by atoms with van der Waals surface area (Å²) in [6, 6.07) is 12.7. The lowest BCUT2D eigenvalue weighted by Crippen LogP contribution is -1.81. The fraction of sp³-hybridized carbons (Fsp3) is 0.0714. The second-order valence-corrected chi connectivity index (χ2v) is 3.99. The third-order valence-corrected chi connectivity index (χ3v) is 2.85. The van der Waals surface area contributed by atoms with Crippen LogP contribution in [0.5, 0.6) is 11.5 Å². The molecule has 1 heterocycles. The molecule has 0 aliphatic rings. The molecule has 90 valence electrons. The number of nitrogens with zero attached hydrogens (tertiary/aromatic N) is 1. The normalized spacial score (nSPS) is 10.7. The van der Waals surface area contributed by atoms with E-state index in [0.717, 1.165) is 16.8 Å². The minimum atomic E-state index is 0.212. The van der Waals surface area contributed by atoms with Gasteiger partial charge in [0.1, 0.15) is 17.3 Å². The van der Waals surface area contributed by atoms with E-state index in [1.165, 1.54) is 0 Å². The maximum Gasteiger partial charge on any atom is 0.142 e. The predicted molar refractivity (Wildman–Crippen MR) is 69.7 cm³/mol. The van der Waals surface area contributed by atoms with E-state index in [9.17, 15) is 5.11 Å². The Hall–Kier alpha value is -2.49. The van der Waals surface area contributed by atoms with Crippen LogP contribution in [0.15, 0.2) is 42.5 Å². The number of H-pyrrole nitrogens is 1. The van der Waals surface area contributed by atoms with Crippen LogP contribution in [0.1, 0.15) is 0 Å². The lowest BCUT2D eigenvalue weighted by Gasteiger charge is -1.98. The van der Waals surface area contributed by atoms with Gasteiger partial charge in [-0.25, -0.2) is 4.98 Å². The van der Waals surface area contributed by atoms with E-state index in [0.29, 0.717) is 11.4 Å². The van der Waals surface area contributed by atoms with E-state index in [-0.39, 0.29) is 5.75 Å². The predicted octanol–water partition coefficient (Wildman–Crippen LogP) is 2.94. The summed E-state index contributed by atoms with van der Waals surface area (Å²) in [4.78, 5) is 7.63. The molecule has 0 bridgehead atoms. The summed E-state index contributed by atoms with van der Waals surface area (Å²) in [6.07, 6.45) is 0. The lowest BCUT2D eigenvalue weighted by molar-refractivity contribution is 0.415. The number of aromatic amines is 1. The van der Waals surface area contributed by atoms with Crippen LogP contribution in [0.3, 0.4) is 0 Å². The first-order valence-electron chi connectivity index (χ1n) is 5.60. The summed E-state index contributed by atoms with van der Waals surface area (Å²) >= 11 is 0. The Morgan fingerprint density at radius 3 is 2.78 bits per heavy atom. The molecule has 0 saturated carbocycles. The number of phenols is 1. The molecule has 2 aromatic carbocycles. The first kappa shape index (κ1) is 10.7. The molecule has 4 heteroatoms. The van der Waals surface area contributed by atoms with Crippen molar-refractivity contribution < 1.29 is 9.84 Å². The largest absolute Gasteiger partial charge is 0.507 e. The van der Waals surface area contributed by atoms with Crippen LogP contribution in [0.2, 0.25) is 0 Å². The molecule has 4 nitrogen and oxygen atoms in total. The maximum atomic E-state index is 9.81. The van der Waals surface area contributed by atoms with Gasteiger partial charge in [-0.1, -0.05) is 12.1 Å². The summed E-state index contributed by atoms with van der Waals surface area (Å²) in [7, 11) is 1.62. The summed E-state index contributed by atoms with van der Waals surface area (Å²) < 4.78 is 5.16. The smallest absolute Gasteiger partial charge is 0.142 e. The van der Waals surface area contributed by atoms with Gasteiger partial charge in [-0.05, 0) is 24.3 Å². The molecular formula is C14H12N2O2. The Bertz CT molecular complexity index is 704. The zero-order chi connectivity index (χ0) is 12.5. The second-order valence-electron chi connectivity index (χ2n) is 3.99. The fourth-order valence-electron chi connectivity index (χ4n) is 1.91. The van der Waals surface area contributed by atoms with Crippen molar-refractivity contribution in [1.82, 2.24) is 9.97 Å². The number of imidazole rings is 1. The number of fused-ring (bicyclic) bond motifs is 1. The molecule has 18 heavy (non-hydrogen) atoms. The Balaban J connectivity index is 2.17. The minimum absolute atomic E-state index is 0.212. The zero-order valence-electron chi connectivity index (χ0n) is 9.84. The van der Waals surface area contributed by atoms with E-state index in [1.54, 1.807) is 19.2 Å². The molecule has 3 aromatic rings. The molecule has 0 aliphatic carbocycles. The molecule has 0 radical (unpaired) electrons. The van der Waals surface area contributed by atoms with Crippen LogP contribution in [0, 0.1) is 0 Å².